The fourth-order valence-corrected chi connectivity index (χ4v) is 3.19. The van der Waals surface area contributed by atoms with Crippen molar-refractivity contribution < 1.29 is 4.79 Å². The molecule has 0 saturated heterocycles. The van der Waals surface area contributed by atoms with E-state index in [1.807, 2.05) is 91.0 Å². The van der Waals surface area contributed by atoms with Gasteiger partial charge in [0.2, 0.25) is 0 Å². The van der Waals surface area contributed by atoms with Gasteiger partial charge in [0.1, 0.15) is 0 Å². The van der Waals surface area contributed by atoms with Crippen LogP contribution in [0.25, 0.3) is 23.4 Å². The summed E-state index contributed by atoms with van der Waals surface area (Å²) in [5.41, 5.74) is 5.03. The molecule has 4 aromatic rings. The van der Waals surface area contributed by atoms with Crippen molar-refractivity contribution in [3.05, 3.63) is 126 Å². The van der Waals surface area contributed by atoms with Gasteiger partial charge in [-0.15, -0.1) is 0 Å². The molecule has 0 amide bonds. The molecule has 0 aliphatic heterocycles. The summed E-state index contributed by atoms with van der Waals surface area (Å²) in [7, 11) is 0. The molecule has 0 bridgehead atoms. The third-order valence-corrected chi connectivity index (χ3v) is 4.55. The molecule has 1 aromatic heterocycles. The molecule has 0 radical (unpaired) electrons. The van der Waals surface area contributed by atoms with E-state index >= 15 is 0 Å². The fraction of sp³-hybridized carbons (Fsp3) is 0. The summed E-state index contributed by atoms with van der Waals surface area (Å²) in [5, 5.41) is 0. The zero-order chi connectivity index (χ0) is 19.2. The van der Waals surface area contributed by atoms with Gasteiger partial charge in [0, 0.05) is 22.9 Å². The first kappa shape index (κ1) is 17.6. The van der Waals surface area contributed by atoms with Crippen LogP contribution in [0.1, 0.15) is 27.0 Å². The highest BCUT2D eigenvalue weighted by Crippen LogP contribution is 2.29. The molecule has 0 saturated carbocycles. The molecule has 28 heavy (non-hydrogen) atoms. The van der Waals surface area contributed by atoms with Gasteiger partial charge in [-0.1, -0.05) is 97.1 Å². The van der Waals surface area contributed by atoms with Crippen molar-refractivity contribution in [1.29, 1.82) is 0 Å². The fourth-order valence-electron chi connectivity index (χ4n) is 3.19. The first-order valence-electron chi connectivity index (χ1n) is 9.20. The summed E-state index contributed by atoms with van der Waals surface area (Å²) < 4.78 is 0. The van der Waals surface area contributed by atoms with Crippen molar-refractivity contribution in [1.82, 2.24) is 4.98 Å². The molecule has 0 unspecified atom stereocenters. The van der Waals surface area contributed by atoms with E-state index < -0.39 is 0 Å². The Morgan fingerprint density at radius 1 is 0.679 bits per heavy atom. The van der Waals surface area contributed by atoms with E-state index in [2.05, 4.69) is 23.2 Å². The second kappa shape index (κ2) is 8.28. The molecule has 0 N–H and O–H groups in total. The molecule has 0 aliphatic rings. The number of carbonyl (C=O) groups is 1. The van der Waals surface area contributed by atoms with Gasteiger partial charge in [0.15, 0.2) is 5.78 Å². The van der Waals surface area contributed by atoms with E-state index in [4.69, 9.17) is 0 Å². The number of nitrogens with zero attached hydrogens (tertiary/aromatic N) is 1. The van der Waals surface area contributed by atoms with Crippen LogP contribution in [0, 0.1) is 0 Å². The lowest BCUT2D eigenvalue weighted by atomic mass is 9.92. The molecule has 3 aromatic carbocycles. The van der Waals surface area contributed by atoms with Crippen LogP contribution in [-0.4, -0.2) is 10.8 Å². The van der Waals surface area contributed by atoms with Crippen molar-refractivity contribution >= 4 is 17.9 Å². The Morgan fingerprint density at radius 3 is 2.11 bits per heavy atom. The van der Waals surface area contributed by atoms with Crippen molar-refractivity contribution in [2.45, 2.75) is 0 Å². The maximum Gasteiger partial charge on any atom is 0.193 e. The third kappa shape index (κ3) is 3.81. The molecule has 0 atom stereocenters. The van der Waals surface area contributed by atoms with Gasteiger partial charge in [-0.05, 0) is 23.3 Å². The number of benzene rings is 3. The van der Waals surface area contributed by atoms with Crippen molar-refractivity contribution in [2.24, 2.45) is 0 Å². The second-order valence-corrected chi connectivity index (χ2v) is 6.42. The predicted octanol–water partition coefficient (Wildman–Crippen LogP) is 6.15. The lowest BCUT2D eigenvalue weighted by molar-refractivity contribution is 0.103. The van der Waals surface area contributed by atoms with E-state index in [1.165, 1.54) is 0 Å². The highest BCUT2D eigenvalue weighted by atomic mass is 16.1. The Hall–Kier alpha value is -3.78. The maximum atomic E-state index is 13.2. The predicted molar refractivity (Wildman–Crippen MR) is 115 cm³/mol. The van der Waals surface area contributed by atoms with Crippen LogP contribution < -0.4 is 0 Å². The average Bonchev–Trinajstić information content (AvgIpc) is 2.79. The number of hydrogen-bond donors (Lipinski definition) is 0. The Kier molecular flexibility index (Phi) is 5.21. The minimum absolute atomic E-state index is 0.00351. The molecule has 2 heteroatoms. The summed E-state index contributed by atoms with van der Waals surface area (Å²) in [6.45, 7) is 0. The normalized spacial score (nSPS) is 10.9. The van der Waals surface area contributed by atoms with Gasteiger partial charge in [-0.25, -0.2) is 0 Å². The van der Waals surface area contributed by atoms with Gasteiger partial charge in [-0.2, -0.15) is 0 Å². The van der Waals surface area contributed by atoms with E-state index in [0.29, 0.717) is 11.1 Å². The molecule has 4 rings (SSSR count). The van der Waals surface area contributed by atoms with E-state index in [1.54, 1.807) is 6.20 Å². The van der Waals surface area contributed by atoms with Crippen LogP contribution in [0.2, 0.25) is 0 Å². The zero-order valence-corrected chi connectivity index (χ0v) is 15.3. The SMILES string of the molecule is O=C(c1ccccc1)c1cccc(/C=C/c2ccccc2)c1-c1ccccn1. The van der Waals surface area contributed by atoms with Crippen LogP contribution in [0.3, 0.4) is 0 Å². The topological polar surface area (TPSA) is 30.0 Å². The maximum absolute atomic E-state index is 13.2. The highest BCUT2D eigenvalue weighted by molar-refractivity contribution is 6.13. The number of carbonyl (C=O) groups excluding carboxylic acids is 1. The van der Waals surface area contributed by atoms with Crippen molar-refractivity contribution in [2.75, 3.05) is 0 Å². The van der Waals surface area contributed by atoms with Crippen LogP contribution in [0.4, 0.5) is 0 Å². The molecule has 0 spiro atoms. The van der Waals surface area contributed by atoms with E-state index in [9.17, 15) is 4.79 Å². The van der Waals surface area contributed by atoms with Gasteiger partial charge in [0.25, 0.3) is 0 Å². The van der Waals surface area contributed by atoms with Crippen LogP contribution in [0.5, 0.6) is 0 Å². The van der Waals surface area contributed by atoms with Gasteiger partial charge < -0.3 is 0 Å². The van der Waals surface area contributed by atoms with Crippen LogP contribution in [0.15, 0.2) is 103 Å². The summed E-state index contributed by atoms with van der Waals surface area (Å²) in [5.74, 6) is -0.00351. The third-order valence-electron chi connectivity index (χ3n) is 4.55. The molecular formula is C26H19NO. The van der Waals surface area contributed by atoms with E-state index in [0.717, 1.165) is 22.4 Å². The lowest BCUT2D eigenvalue weighted by Gasteiger charge is -2.12. The molecule has 1 heterocycles. The first-order chi connectivity index (χ1) is 13.8. The minimum atomic E-state index is -0.00351. The summed E-state index contributed by atoms with van der Waals surface area (Å²) in [6.07, 6.45) is 5.85. The zero-order valence-electron chi connectivity index (χ0n) is 15.3. The Bertz CT molecular complexity index is 1100. The second-order valence-electron chi connectivity index (χ2n) is 6.42. The summed E-state index contributed by atoms with van der Waals surface area (Å²) >= 11 is 0. The first-order valence-corrected chi connectivity index (χ1v) is 9.20. The lowest BCUT2D eigenvalue weighted by Crippen LogP contribution is -2.05. The summed E-state index contributed by atoms with van der Waals surface area (Å²) in [4.78, 5) is 17.7. The van der Waals surface area contributed by atoms with Crippen LogP contribution in [-0.2, 0) is 0 Å². The molecule has 134 valence electrons. The van der Waals surface area contributed by atoms with Crippen LogP contribution >= 0.6 is 0 Å². The Labute approximate surface area is 164 Å². The quantitative estimate of drug-likeness (QED) is 0.315. The number of hydrogen-bond acceptors (Lipinski definition) is 2. The molecule has 0 fully saturated rings. The van der Waals surface area contributed by atoms with Crippen molar-refractivity contribution in [3.8, 4) is 11.3 Å². The number of ketones is 1. The Balaban J connectivity index is 1.85. The number of pyridine rings is 1. The standard InChI is InChI=1S/C26H19NO/c28-26(22-12-5-2-6-13-22)23-15-9-14-21(18-17-20-10-3-1-4-11-20)25(23)24-16-7-8-19-27-24/h1-19H/b18-17+. The summed E-state index contributed by atoms with van der Waals surface area (Å²) in [6, 6.07) is 31.1. The molecule has 2 nitrogen and oxygen atoms in total. The monoisotopic (exact) mass is 361 g/mol. The number of rotatable bonds is 5. The Morgan fingerprint density at radius 2 is 1.39 bits per heavy atom. The highest BCUT2D eigenvalue weighted by Gasteiger charge is 2.17. The van der Waals surface area contributed by atoms with Gasteiger partial charge in [0.05, 0.1) is 5.69 Å². The van der Waals surface area contributed by atoms with Crippen molar-refractivity contribution in [3.63, 3.8) is 0 Å². The molecular weight excluding hydrogens is 342 g/mol. The van der Waals surface area contributed by atoms with E-state index in [-0.39, 0.29) is 5.78 Å². The average molecular weight is 361 g/mol. The number of aromatic nitrogens is 1. The molecule has 0 aliphatic carbocycles. The van der Waals surface area contributed by atoms with Gasteiger partial charge in [-0.3, -0.25) is 9.78 Å². The largest absolute Gasteiger partial charge is 0.289 e. The minimum Gasteiger partial charge on any atom is -0.289 e. The van der Waals surface area contributed by atoms with Gasteiger partial charge >= 0.3 is 0 Å². The smallest absolute Gasteiger partial charge is 0.193 e.